The van der Waals surface area contributed by atoms with Crippen LogP contribution in [-0.2, 0) is 6.61 Å². The lowest BCUT2D eigenvalue weighted by Gasteiger charge is -2.05. The number of benzene rings is 2. The van der Waals surface area contributed by atoms with Crippen molar-refractivity contribution in [3.63, 3.8) is 0 Å². The van der Waals surface area contributed by atoms with E-state index in [1.54, 1.807) is 25.3 Å². The quantitative estimate of drug-likeness (QED) is 0.624. The molecule has 3 rings (SSSR count). The second-order valence-electron chi connectivity index (χ2n) is 4.60. The first kappa shape index (κ1) is 15.8. The number of nitrogens with zero attached hydrogens (tertiary/aromatic N) is 2. The molecule has 23 heavy (non-hydrogen) atoms. The molecule has 0 aliphatic heterocycles. The molecule has 1 heterocycles. The number of rotatable bonds is 5. The molecule has 3 aromatic rings. The summed E-state index contributed by atoms with van der Waals surface area (Å²) >= 11 is 9.28. The van der Waals surface area contributed by atoms with E-state index in [1.807, 2.05) is 24.3 Å². The summed E-state index contributed by atoms with van der Waals surface area (Å²) in [5.41, 5.74) is 0.841. The van der Waals surface area contributed by atoms with Crippen LogP contribution in [0.2, 0.25) is 5.02 Å². The molecular formula is C16H12BrClN2O3. The Morgan fingerprint density at radius 3 is 2.65 bits per heavy atom. The van der Waals surface area contributed by atoms with Crippen molar-refractivity contribution in [2.75, 3.05) is 7.11 Å². The van der Waals surface area contributed by atoms with Gasteiger partial charge in [0.2, 0.25) is 5.82 Å². The van der Waals surface area contributed by atoms with Crippen LogP contribution in [-0.4, -0.2) is 17.3 Å². The molecule has 0 saturated carbocycles. The summed E-state index contributed by atoms with van der Waals surface area (Å²) in [5, 5.41) is 4.58. The van der Waals surface area contributed by atoms with E-state index in [1.165, 1.54) is 0 Å². The van der Waals surface area contributed by atoms with Crippen LogP contribution in [0.4, 0.5) is 0 Å². The maximum Gasteiger partial charge on any atom is 0.264 e. The fraction of sp³-hybridized carbons (Fsp3) is 0.125. The Bertz CT molecular complexity index is 805. The average Bonchev–Trinajstić information content (AvgIpc) is 3.03. The van der Waals surface area contributed by atoms with Gasteiger partial charge >= 0.3 is 0 Å². The molecule has 1 aromatic heterocycles. The van der Waals surface area contributed by atoms with Gasteiger partial charge in [-0.1, -0.05) is 16.8 Å². The third kappa shape index (κ3) is 3.83. The maximum absolute atomic E-state index is 5.89. The monoisotopic (exact) mass is 394 g/mol. The van der Waals surface area contributed by atoms with Crippen molar-refractivity contribution < 1.29 is 14.0 Å². The highest BCUT2D eigenvalue weighted by Gasteiger charge is 2.10. The fourth-order valence-electron chi connectivity index (χ4n) is 1.90. The number of ether oxygens (including phenoxy) is 2. The number of aromatic nitrogens is 2. The largest absolute Gasteiger partial charge is 0.497 e. The Labute approximate surface area is 146 Å². The van der Waals surface area contributed by atoms with E-state index in [4.69, 9.17) is 25.6 Å². The van der Waals surface area contributed by atoms with Gasteiger partial charge in [0.1, 0.15) is 11.5 Å². The molecule has 0 aliphatic rings. The minimum absolute atomic E-state index is 0.170. The molecule has 0 bridgehead atoms. The first-order chi connectivity index (χ1) is 11.2. The van der Waals surface area contributed by atoms with E-state index in [0.29, 0.717) is 22.5 Å². The molecule has 0 N–H and O–H groups in total. The average molecular weight is 396 g/mol. The standard InChI is InChI=1S/C16H12BrClN2O3/c1-21-12-5-2-10(3-6-12)16-19-15(23-20-16)9-22-14-7-4-11(18)8-13(14)17/h2-8H,9H2,1H3. The Kier molecular flexibility index (Phi) is 4.83. The van der Waals surface area contributed by atoms with E-state index in [9.17, 15) is 0 Å². The van der Waals surface area contributed by atoms with Crippen LogP contribution in [0.15, 0.2) is 51.5 Å². The summed E-state index contributed by atoms with van der Waals surface area (Å²) in [7, 11) is 1.62. The number of halogens is 2. The van der Waals surface area contributed by atoms with Crippen LogP contribution >= 0.6 is 27.5 Å². The molecule has 118 valence electrons. The van der Waals surface area contributed by atoms with Gasteiger partial charge in [0.15, 0.2) is 6.61 Å². The van der Waals surface area contributed by atoms with E-state index < -0.39 is 0 Å². The van der Waals surface area contributed by atoms with Crippen LogP contribution in [0, 0.1) is 0 Å². The topological polar surface area (TPSA) is 57.4 Å². The minimum atomic E-state index is 0.170. The second kappa shape index (κ2) is 7.02. The lowest BCUT2D eigenvalue weighted by atomic mass is 10.2. The maximum atomic E-state index is 5.89. The van der Waals surface area contributed by atoms with Gasteiger partial charge < -0.3 is 14.0 Å². The van der Waals surface area contributed by atoms with Gasteiger partial charge in [-0.15, -0.1) is 0 Å². The minimum Gasteiger partial charge on any atom is -0.497 e. The SMILES string of the molecule is COc1ccc(-c2noc(COc3ccc(Cl)cc3Br)n2)cc1. The van der Waals surface area contributed by atoms with Gasteiger partial charge in [-0.3, -0.25) is 0 Å². The van der Waals surface area contributed by atoms with Gasteiger partial charge in [0, 0.05) is 10.6 Å². The lowest BCUT2D eigenvalue weighted by molar-refractivity contribution is 0.242. The lowest BCUT2D eigenvalue weighted by Crippen LogP contribution is -1.96. The summed E-state index contributed by atoms with van der Waals surface area (Å²) in [6.07, 6.45) is 0. The highest BCUT2D eigenvalue weighted by molar-refractivity contribution is 9.10. The molecule has 0 unspecified atom stereocenters. The molecule has 5 nitrogen and oxygen atoms in total. The summed E-state index contributed by atoms with van der Waals surface area (Å²) in [5.74, 6) is 2.31. The van der Waals surface area contributed by atoms with Crippen molar-refractivity contribution in [2.45, 2.75) is 6.61 Å². The van der Waals surface area contributed by atoms with Gasteiger partial charge in [-0.2, -0.15) is 4.98 Å². The van der Waals surface area contributed by atoms with Crippen molar-refractivity contribution >= 4 is 27.5 Å². The number of hydrogen-bond donors (Lipinski definition) is 0. The summed E-state index contributed by atoms with van der Waals surface area (Å²) in [6.45, 7) is 0.170. The second-order valence-corrected chi connectivity index (χ2v) is 5.89. The Morgan fingerprint density at radius 1 is 1.17 bits per heavy atom. The molecular weight excluding hydrogens is 384 g/mol. The van der Waals surface area contributed by atoms with Gasteiger partial charge in [0.25, 0.3) is 5.89 Å². The number of methoxy groups -OCH3 is 1. The normalized spacial score (nSPS) is 10.6. The summed E-state index contributed by atoms with van der Waals surface area (Å²) < 4.78 is 16.7. The van der Waals surface area contributed by atoms with Crippen molar-refractivity contribution in [1.29, 1.82) is 0 Å². The third-order valence-corrected chi connectivity index (χ3v) is 3.92. The molecule has 0 radical (unpaired) electrons. The predicted molar refractivity (Wildman–Crippen MR) is 89.8 cm³/mol. The zero-order valence-electron chi connectivity index (χ0n) is 12.1. The molecule has 0 aliphatic carbocycles. The highest BCUT2D eigenvalue weighted by Crippen LogP contribution is 2.28. The fourth-order valence-corrected chi connectivity index (χ4v) is 2.70. The van der Waals surface area contributed by atoms with Crippen LogP contribution < -0.4 is 9.47 Å². The van der Waals surface area contributed by atoms with E-state index in [2.05, 4.69) is 26.1 Å². The van der Waals surface area contributed by atoms with Crippen molar-refractivity contribution in [2.24, 2.45) is 0 Å². The van der Waals surface area contributed by atoms with Crippen LogP contribution in [0.5, 0.6) is 11.5 Å². The van der Waals surface area contributed by atoms with Crippen molar-refractivity contribution in [3.05, 3.63) is 57.9 Å². The zero-order valence-corrected chi connectivity index (χ0v) is 14.5. The van der Waals surface area contributed by atoms with E-state index in [0.717, 1.165) is 15.8 Å². The van der Waals surface area contributed by atoms with Gasteiger partial charge in [0.05, 0.1) is 11.6 Å². The predicted octanol–water partition coefficient (Wildman–Crippen LogP) is 4.74. The van der Waals surface area contributed by atoms with Gasteiger partial charge in [-0.05, 0) is 58.4 Å². The highest BCUT2D eigenvalue weighted by atomic mass is 79.9. The summed E-state index contributed by atoms with van der Waals surface area (Å²) in [4.78, 5) is 4.31. The summed E-state index contributed by atoms with van der Waals surface area (Å²) in [6, 6.07) is 12.7. The van der Waals surface area contributed by atoms with E-state index in [-0.39, 0.29) is 6.61 Å². The molecule has 0 saturated heterocycles. The molecule has 2 aromatic carbocycles. The Morgan fingerprint density at radius 2 is 1.96 bits per heavy atom. The molecule has 7 heteroatoms. The van der Waals surface area contributed by atoms with Crippen LogP contribution in [0.25, 0.3) is 11.4 Å². The third-order valence-electron chi connectivity index (χ3n) is 3.06. The van der Waals surface area contributed by atoms with Crippen LogP contribution in [0.3, 0.4) is 0 Å². The smallest absolute Gasteiger partial charge is 0.264 e. The van der Waals surface area contributed by atoms with Crippen LogP contribution in [0.1, 0.15) is 5.89 Å². The van der Waals surface area contributed by atoms with Crippen molar-refractivity contribution in [1.82, 2.24) is 10.1 Å². The Hall–Kier alpha value is -2.05. The molecule has 0 atom stereocenters. The first-order valence-electron chi connectivity index (χ1n) is 6.70. The van der Waals surface area contributed by atoms with Crippen molar-refractivity contribution in [3.8, 4) is 22.9 Å². The Balaban J connectivity index is 1.69. The molecule has 0 fully saturated rings. The molecule has 0 amide bonds. The van der Waals surface area contributed by atoms with Gasteiger partial charge in [-0.25, -0.2) is 0 Å². The number of hydrogen-bond acceptors (Lipinski definition) is 5. The zero-order chi connectivity index (χ0) is 16.2. The molecule has 0 spiro atoms. The first-order valence-corrected chi connectivity index (χ1v) is 7.87. The van der Waals surface area contributed by atoms with E-state index >= 15 is 0 Å².